The minimum Gasteiger partial charge on any atom is -0.496 e. The normalized spacial score (nSPS) is 12.2. The largest absolute Gasteiger partial charge is 0.496 e. The minimum atomic E-state index is -0.462. The summed E-state index contributed by atoms with van der Waals surface area (Å²) in [6.45, 7) is 5.80. The second-order valence-corrected chi connectivity index (χ2v) is 7.81. The number of nitrogens with zero attached hydrogens (tertiary/aromatic N) is 1. The topological polar surface area (TPSA) is 38.8 Å². The summed E-state index contributed by atoms with van der Waals surface area (Å²) in [5, 5.41) is 4.40. The lowest BCUT2D eigenvalue weighted by Gasteiger charge is -2.28. The Morgan fingerprint density at radius 3 is 2.22 bits per heavy atom. The number of carbonyl (C=O) groups excluding carboxylic acids is 1. The van der Waals surface area contributed by atoms with Crippen LogP contribution in [0.25, 0.3) is 21.5 Å². The van der Waals surface area contributed by atoms with Crippen molar-refractivity contribution in [1.29, 1.82) is 0 Å². The first-order valence-corrected chi connectivity index (χ1v) is 11.1. The Morgan fingerprint density at radius 2 is 1.50 bits per heavy atom. The van der Waals surface area contributed by atoms with Crippen molar-refractivity contribution in [3.8, 4) is 5.75 Å². The fourth-order valence-electron chi connectivity index (χ4n) is 4.34. The zero-order valence-electron chi connectivity index (χ0n) is 18.9. The van der Waals surface area contributed by atoms with E-state index in [1.165, 1.54) is 0 Å². The van der Waals surface area contributed by atoms with Crippen molar-refractivity contribution in [2.45, 2.75) is 26.5 Å². The lowest BCUT2D eigenvalue weighted by molar-refractivity contribution is -0.151. The van der Waals surface area contributed by atoms with E-state index < -0.39 is 6.04 Å². The molecule has 4 aromatic carbocycles. The molecule has 0 bridgehead atoms. The maximum atomic E-state index is 13.4. The quantitative estimate of drug-likeness (QED) is 0.317. The molecule has 4 aromatic rings. The van der Waals surface area contributed by atoms with E-state index in [-0.39, 0.29) is 12.6 Å². The van der Waals surface area contributed by atoms with Gasteiger partial charge in [-0.2, -0.15) is 0 Å². The van der Waals surface area contributed by atoms with Gasteiger partial charge < -0.3 is 9.47 Å². The highest BCUT2D eigenvalue weighted by molar-refractivity contribution is 5.88. The molecule has 0 aromatic heterocycles. The Bertz CT molecular complexity index is 1230. The minimum absolute atomic E-state index is 0.161. The fourth-order valence-corrected chi connectivity index (χ4v) is 4.34. The molecule has 0 aliphatic carbocycles. The molecule has 4 heteroatoms. The van der Waals surface area contributed by atoms with E-state index in [1.807, 2.05) is 54.6 Å². The number of methoxy groups -OCH3 is 1. The van der Waals surface area contributed by atoms with Crippen LogP contribution in [-0.2, 0) is 16.1 Å². The van der Waals surface area contributed by atoms with Crippen molar-refractivity contribution in [3.05, 3.63) is 90.0 Å². The molecule has 1 unspecified atom stereocenters. The van der Waals surface area contributed by atoms with Crippen molar-refractivity contribution < 1.29 is 14.3 Å². The molecule has 0 saturated carbocycles. The average molecular weight is 428 g/mol. The SMILES string of the molecule is CCN(CC)C(C(=O)OCc1c(OC)ccc2ccccc12)c1ccc2ccccc2c1. The molecule has 0 N–H and O–H groups in total. The molecule has 0 aliphatic heterocycles. The van der Waals surface area contributed by atoms with Gasteiger partial charge in [0, 0.05) is 5.56 Å². The van der Waals surface area contributed by atoms with E-state index in [9.17, 15) is 4.79 Å². The second kappa shape index (κ2) is 9.84. The fraction of sp³-hybridized carbons (Fsp3) is 0.250. The van der Waals surface area contributed by atoms with Gasteiger partial charge in [0.05, 0.1) is 7.11 Å². The second-order valence-electron chi connectivity index (χ2n) is 7.81. The zero-order chi connectivity index (χ0) is 22.5. The molecule has 0 saturated heterocycles. The summed E-state index contributed by atoms with van der Waals surface area (Å²) < 4.78 is 11.5. The molecule has 1 atom stereocenters. The highest BCUT2D eigenvalue weighted by Gasteiger charge is 2.28. The highest BCUT2D eigenvalue weighted by atomic mass is 16.5. The van der Waals surface area contributed by atoms with E-state index in [0.717, 1.165) is 51.5 Å². The first kappa shape index (κ1) is 21.8. The summed E-state index contributed by atoms with van der Waals surface area (Å²) in [7, 11) is 1.64. The Morgan fingerprint density at radius 1 is 0.844 bits per heavy atom. The highest BCUT2D eigenvalue weighted by Crippen LogP contribution is 2.31. The van der Waals surface area contributed by atoms with E-state index in [2.05, 4.69) is 43.0 Å². The summed E-state index contributed by atoms with van der Waals surface area (Å²) in [6.07, 6.45) is 0. The van der Waals surface area contributed by atoms with Crippen LogP contribution >= 0.6 is 0 Å². The Hall–Kier alpha value is -3.37. The van der Waals surface area contributed by atoms with Crippen LogP contribution in [0.2, 0.25) is 0 Å². The van der Waals surface area contributed by atoms with Crippen LogP contribution in [-0.4, -0.2) is 31.1 Å². The first-order valence-electron chi connectivity index (χ1n) is 11.1. The molecule has 0 fully saturated rings. The van der Waals surface area contributed by atoms with Gasteiger partial charge in [-0.05, 0) is 52.3 Å². The van der Waals surface area contributed by atoms with Gasteiger partial charge >= 0.3 is 5.97 Å². The van der Waals surface area contributed by atoms with Crippen LogP contribution in [0.15, 0.2) is 78.9 Å². The lowest BCUT2D eigenvalue weighted by Crippen LogP contribution is -2.35. The number of rotatable bonds is 8. The molecule has 0 radical (unpaired) electrons. The first-order chi connectivity index (χ1) is 15.7. The lowest BCUT2D eigenvalue weighted by atomic mass is 10.0. The molecule has 0 spiro atoms. The maximum absolute atomic E-state index is 13.4. The van der Waals surface area contributed by atoms with Gasteiger partial charge in [0.2, 0.25) is 0 Å². The molecule has 0 heterocycles. The monoisotopic (exact) mass is 427 g/mol. The smallest absolute Gasteiger partial charge is 0.328 e. The van der Waals surface area contributed by atoms with Gasteiger partial charge in [0.1, 0.15) is 18.4 Å². The van der Waals surface area contributed by atoms with Crippen LogP contribution in [0.3, 0.4) is 0 Å². The van der Waals surface area contributed by atoms with Crippen molar-refractivity contribution in [2.24, 2.45) is 0 Å². The van der Waals surface area contributed by atoms with Gasteiger partial charge in [0.15, 0.2) is 0 Å². The summed E-state index contributed by atoms with van der Waals surface area (Å²) in [6, 6.07) is 26.0. The summed E-state index contributed by atoms with van der Waals surface area (Å²) in [5.41, 5.74) is 1.83. The maximum Gasteiger partial charge on any atom is 0.328 e. The predicted octanol–water partition coefficient (Wildman–Crippen LogP) is 6.13. The molecule has 0 amide bonds. The number of hydrogen-bond acceptors (Lipinski definition) is 4. The summed E-state index contributed by atoms with van der Waals surface area (Å²) in [5.74, 6) is 0.473. The van der Waals surface area contributed by atoms with Gasteiger partial charge in [-0.1, -0.05) is 80.6 Å². The van der Waals surface area contributed by atoms with Gasteiger partial charge in [0.25, 0.3) is 0 Å². The molecule has 0 aliphatic rings. The summed E-state index contributed by atoms with van der Waals surface area (Å²) >= 11 is 0. The number of esters is 1. The van der Waals surface area contributed by atoms with Gasteiger partial charge in [-0.25, -0.2) is 4.79 Å². The van der Waals surface area contributed by atoms with Crippen LogP contribution in [0.1, 0.15) is 31.0 Å². The molecule has 4 rings (SSSR count). The number of hydrogen-bond donors (Lipinski definition) is 0. The van der Waals surface area contributed by atoms with Crippen molar-refractivity contribution >= 4 is 27.5 Å². The Kier molecular flexibility index (Phi) is 6.72. The number of likely N-dealkylation sites (N-methyl/N-ethyl adjacent to an activating group) is 1. The number of ether oxygens (including phenoxy) is 2. The van der Waals surface area contributed by atoms with E-state index in [1.54, 1.807) is 7.11 Å². The van der Waals surface area contributed by atoms with Crippen LogP contribution in [0.5, 0.6) is 5.75 Å². The third kappa shape index (κ3) is 4.32. The predicted molar refractivity (Wildman–Crippen MR) is 130 cm³/mol. The van der Waals surface area contributed by atoms with Crippen LogP contribution < -0.4 is 4.74 Å². The zero-order valence-corrected chi connectivity index (χ0v) is 18.9. The third-order valence-corrected chi connectivity index (χ3v) is 6.07. The Labute approximate surface area is 189 Å². The van der Waals surface area contributed by atoms with Crippen molar-refractivity contribution in [3.63, 3.8) is 0 Å². The van der Waals surface area contributed by atoms with Crippen molar-refractivity contribution in [1.82, 2.24) is 4.90 Å². The van der Waals surface area contributed by atoms with Crippen LogP contribution in [0.4, 0.5) is 0 Å². The number of benzene rings is 4. The molecular formula is C28H29NO3. The van der Waals surface area contributed by atoms with E-state index >= 15 is 0 Å². The van der Waals surface area contributed by atoms with Gasteiger partial charge in [-0.3, -0.25) is 4.90 Å². The molecule has 164 valence electrons. The van der Waals surface area contributed by atoms with Gasteiger partial charge in [-0.15, -0.1) is 0 Å². The van der Waals surface area contributed by atoms with E-state index in [4.69, 9.17) is 9.47 Å². The van der Waals surface area contributed by atoms with Crippen molar-refractivity contribution in [2.75, 3.05) is 20.2 Å². The Balaban J connectivity index is 1.66. The number of carbonyl (C=O) groups is 1. The average Bonchev–Trinajstić information content (AvgIpc) is 2.85. The molecular weight excluding hydrogens is 398 g/mol. The van der Waals surface area contributed by atoms with E-state index in [0.29, 0.717) is 0 Å². The standard InChI is InChI=1S/C28H29NO3/c1-4-29(5-2)27(23-15-14-20-10-6-7-12-22(20)18-23)28(30)32-19-25-24-13-9-8-11-21(24)16-17-26(25)31-3/h6-18,27H,4-5,19H2,1-3H3. The number of fused-ring (bicyclic) bond motifs is 2. The third-order valence-electron chi connectivity index (χ3n) is 6.07. The van der Waals surface area contributed by atoms with Crippen LogP contribution in [0, 0.1) is 0 Å². The molecule has 32 heavy (non-hydrogen) atoms. The summed E-state index contributed by atoms with van der Waals surface area (Å²) in [4.78, 5) is 15.6. The molecule has 4 nitrogen and oxygen atoms in total.